The summed E-state index contributed by atoms with van der Waals surface area (Å²) in [6.45, 7) is 4.27. The van der Waals surface area contributed by atoms with Gasteiger partial charge in [0, 0.05) is 26.9 Å². The van der Waals surface area contributed by atoms with Crippen LogP contribution in [0.2, 0.25) is 0 Å². The minimum Gasteiger partial charge on any atom is -0.457 e. The molecule has 2 aromatic carbocycles. The summed E-state index contributed by atoms with van der Waals surface area (Å²) in [5.41, 5.74) is 2.25. The van der Waals surface area contributed by atoms with Crippen LogP contribution in [0, 0.1) is 0 Å². The molecule has 2 amide bonds. The summed E-state index contributed by atoms with van der Waals surface area (Å²) in [4.78, 5) is 21.8. The predicted octanol–water partition coefficient (Wildman–Crippen LogP) is 2.84. The molecule has 0 saturated carbocycles. The molecule has 0 aliphatic heterocycles. The van der Waals surface area contributed by atoms with E-state index in [-0.39, 0.29) is 11.8 Å². The lowest BCUT2D eigenvalue weighted by atomic mass is 10.1. The molecule has 0 aliphatic rings. The maximum Gasteiger partial charge on any atom is 0.216 e. The molecule has 0 heterocycles. The quantitative estimate of drug-likeness (QED) is 0.776. The maximum atomic E-state index is 10.9. The van der Waals surface area contributed by atoms with Gasteiger partial charge in [-0.25, -0.2) is 0 Å². The lowest BCUT2D eigenvalue weighted by Crippen LogP contribution is -2.22. The first kappa shape index (κ1) is 18.5. The molecule has 2 aromatic rings. The summed E-state index contributed by atoms with van der Waals surface area (Å²) in [6.07, 6.45) is 1.55. The van der Waals surface area contributed by atoms with Crippen molar-refractivity contribution in [3.05, 3.63) is 59.7 Å². The summed E-state index contributed by atoms with van der Waals surface area (Å²) in [6, 6.07) is 15.7. The molecule has 0 saturated heterocycles. The van der Waals surface area contributed by atoms with Gasteiger partial charge in [-0.1, -0.05) is 24.3 Å². The first-order valence-electron chi connectivity index (χ1n) is 8.37. The second kappa shape index (κ2) is 9.47. The highest BCUT2D eigenvalue weighted by atomic mass is 16.5. The number of hydrogen-bond donors (Lipinski definition) is 2. The average Bonchev–Trinajstić information content (AvgIpc) is 2.56. The Balaban J connectivity index is 1.88. The Kier molecular flexibility index (Phi) is 7.01. The van der Waals surface area contributed by atoms with Gasteiger partial charge in [0.2, 0.25) is 11.8 Å². The second-order valence-electron chi connectivity index (χ2n) is 5.86. The second-order valence-corrected chi connectivity index (χ2v) is 5.86. The Labute approximate surface area is 148 Å². The zero-order valence-corrected chi connectivity index (χ0v) is 14.7. The molecule has 5 nitrogen and oxygen atoms in total. The zero-order valence-electron chi connectivity index (χ0n) is 14.7. The van der Waals surface area contributed by atoms with E-state index in [9.17, 15) is 9.59 Å². The van der Waals surface area contributed by atoms with Crippen LogP contribution in [0.5, 0.6) is 11.5 Å². The van der Waals surface area contributed by atoms with E-state index in [1.54, 1.807) is 0 Å². The Hall–Kier alpha value is -2.82. The summed E-state index contributed by atoms with van der Waals surface area (Å²) in [5.74, 6) is 1.50. The van der Waals surface area contributed by atoms with Gasteiger partial charge in [0.1, 0.15) is 11.5 Å². The van der Waals surface area contributed by atoms with Gasteiger partial charge in [-0.15, -0.1) is 0 Å². The fourth-order valence-corrected chi connectivity index (χ4v) is 2.39. The van der Waals surface area contributed by atoms with Crippen LogP contribution in [0.15, 0.2) is 48.5 Å². The van der Waals surface area contributed by atoms with E-state index < -0.39 is 0 Å². The van der Waals surface area contributed by atoms with Gasteiger partial charge in [-0.3, -0.25) is 9.59 Å². The molecule has 0 aromatic heterocycles. The van der Waals surface area contributed by atoms with Crippen molar-refractivity contribution in [1.29, 1.82) is 0 Å². The van der Waals surface area contributed by atoms with Crippen LogP contribution in [0.4, 0.5) is 0 Å². The standard InChI is InChI=1S/C20H24N2O3/c1-15(23)21-12-10-17-6-8-19(9-7-17)25-20-5-3-4-18(14-20)11-13-22-16(2)24/h3-9,14H,10-13H2,1-2H3,(H,21,23)(H,22,24). The predicted molar refractivity (Wildman–Crippen MR) is 97.7 cm³/mol. The van der Waals surface area contributed by atoms with Crippen LogP contribution in [0.1, 0.15) is 25.0 Å². The minimum atomic E-state index is -0.0222. The Bertz CT molecular complexity index is 711. The van der Waals surface area contributed by atoms with E-state index in [4.69, 9.17) is 4.74 Å². The van der Waals surface area contributed by atoms with Crippen LogP contribution in [-0.2, 0) is 22.4 Å². The lowest BCUT2D eigenvalue weighted by molar-refractivity contribution is -0.119. The molecule has 25 heavy (non-hydrogen) atoms. The highest BCUT2D eigenvalue weighted by Crippen LogP contribution is 2.23. The fraction of sp³-hybridized carbons (Fsp3) is 0.300. The van der Waals surface area contributed by atoms with E-state index >= 15 is 0 Å². The van der Waals surface area contributed by atoms with Gasteiger partial charge < -0.3 is 15.4 Å². The Morgan fingerprint density at radius 2 is 1.40 bits per heavy atom. The molecule has 0 unspecified atom stereocenters. The number of rotatable bonds is 8. The molecule has 0 aliphatic carbocycles. The van der Waals surface area contributed by atoms with Crippen LogP contribution >= 0.6 is 0 Å². The first-order chi connectivity index (χ1) is 12.0. The third-order valence-electron chi connectivity index (χ3n) is 3.63. The fourth-order valence-electron chi connectivity index (χ4n) is 2.39. The molecule has 0 atom stereocenters. The van der Waals surface area contributed by atoms with E-state index in [0.29, 0.717) is 13.1 Å². The number of amides is 2. The zero-order chi connectivity index (χ0) is 18.1. The molecular formula is C20H24N2O3. The van der Waals surface area contributed by atoms with Crippen molar-refractivity contribution in [3.8, 4) is 11.5 Å². The van der Waals surface area contributed by atoms with Crippen molar-refractivity contribution in [2.45, 2.75) is 26.7 Å². The normalized spacial score (nSPS) is 10.2. The van der Waals surface area contributed by atoms with Gasteiger partial charge in [0.15, 0.2) is 0 Å². The van der Waals surface area contributed by atoms with E-state index in [1.165, 1.54) is 13.8 Å². The molecule has 2 rings (SSSR count). The summed E-state index contributed by atoms with van der Waals surface area (Å²) in [5, 5.41) is 5.57. The van der Waals surface area contributed by atoms with Crippen molar-refractivity contribution in [3.63, 3.8) is 0 Å². The van der Waals surface area contributed by atoms with Gasteiger partial charge in [0.25, 0.3) is 0 Å². The number of ether oxygens (including phenoxy) is 1. The molecule has 2 N–H and O–H groups in total. The van der Waals surface area contributed by atoms with Crippen molar-refractivity contribution in [1.82, 2.24) is 10.6 Å². The van der Waals surface area contributed by atoms with Crippen LogP contribution < -0.4 is 15.4 Å². The summed E-state index contributed by atoms with van der Waals surface area (Å²) >= 11 is 0. The molecular weight excluding hydrogens is 316 g/mol. The SMILES string of the molecule is CC(=O)NCCc1ccc(Oc2cccc(CCNC(C)=O)c2)cc1. The largest absolute Gasteiger partial charge is 0.457 e. The van der Waals surface area contributed by atoms with Gasteiger partial charge in [-0.05, 0) is 48.2 Å². The van der Waals surface area contributed by atoms with Crippen molar-refractivity contribution in [2.24, 2.45) is 0 Å². The monoisotopic (exact) mass is 340 g/mol. The number of nitrogens with one attached hydrogen (secondary N) is 2. The Morgan fingerprint density at radius 3 is 2.00 bits per heavy atom. The number of carbonyl (C=O) groups excluding carboxylic acids is 2. The molecule has 0 fully saturated rings. The summed E-state index contributed by atoms with van der Waals surface area (Å²) < 4.78 is 5.89. The summed E-state index contributed by atoms with van der Waals surface area (Å²) in [7, 11) is 0. The van der Waals surface area contributed by atoms with Gasteiger partial charge >= 0.3 is 0 Å². The van der Waals surface area contributed by atoms with Crippen molar-refractivity contribution < 1.29 is 14.3 Å². The van der Waals surface area contributed by atoms with E-state index in [1.807, 2.05) is 48.5 Å². The third kappa shape index (κ3) is 7.08. The highest BCUT2D eigenvalue weighted by Gasteiger charge is 2.01. The molecule has 5 heteroatoms. The van der Waals surface area contributed by atoms with Gasteiger partial charge in [-0.2, -0.15) is 0 Å². The molecule has 0 radical (unpaired) electrons. The Morgan fingerprint density at radius 1 is 0.800 bits per heavy atom. The van der Waals surface area contributed by atoms with Crippen LogP contribution in [0.25, 0.3) is 0 Å². The third-order valence-corrected chi connectivity index (χ3v) is 3.63. The number of benzene rings is 2. The van der Waals surface area contributed by atoms with Crippen molar-refractivity contribution >= 4 is 11.8 Å². The smallest absolute Gasteiger partial charge is 0.216 e. The van der Waals surface area contributed by atoms with Crippen LogP contribution in [0.3, 0.4) is 0 Å². The van der Waals surface area contributed by atoms with Crippen molar-refractivity contribution in [2.75, 3.05) is 13.1 Å². The van der Waals surface area contributed by atoms with Crippen LogP contribution in [-0.4, -0.2) is 24.9 Å². The topological polar surface area (TPSA) is 67.4 Å². The van der Waals surface area contributed by atoms with E-state index in [0.717, 1.165) is 35.5 Å². The number of carbonyl (C=O) groups is 2. The molecule has 0 bridgehead atoms. The maximum absolute atomic E-state index is 10.9. The highest BCUT2D eigenvalue weighted by molar-refractivity contribution is 5.73. The first-order valence-corrected chi connectivity index (χ1v) is 8.37. The molecule has 132 valence electrons. The van der Waals surface area contributed by atoms with Gasteiger partial charge in [0.05, 0.1) is 0 Å². The molecule has 0 spiro atoms. The van der Waals surface area contributed by atoms with E-state index in [2.05, 4.69) is 10.6 Å². The average molecular weight is 340 g/mol. The lowest BCUT2D eigenvalue weighted by Gasteiger charge is -2.09. The number of hydrogen-bond acceptors (Lipinski definition) is 3. The minimum absolute atomic E-state index is 0.0154.